The molecule has 0 bridgehead atoms. The highest BCUT2D eigenvalue weighted by molar-refractivity contribution is 7.07. The number of carbonyl (C=O) groups is 2. The third kappa shape index (κ3) is 4.17. The van der Waals surface area contributed by atoms with Gasteiger partial charge in [-0.25, -0.2) is 0 Å². The van der Waals surface area contributed by atoms with Gasteiger partial charge in [-0.05, 0) is 35.4 Å². The summed E-state index contributed by atoms with van der Waals surface area (Å²) in [5.74, 6) is -0.745. The molecule has 7 heteroatoms. The first-order valence-corrected chi connectivity index (χ1v) is 7.33. The number of furan rings is 1. The van der Waals surface area contributed by atoms with Crippen molar-refractivity contribution < 1.29 is 19.1 Å². The molecule has 0 aromatic carbocycles. The second-order valence-electron chi connectivity index (χ2n) is 4.52. The van der Waals surface area contributed by atoms with E-state index in [-0.39, 0.29) is 18.4 Å². The molecule has 2 aromatic heterocycles. The summed E-state index contributed by atoms with van der Waals surface area (Å²) in [5, 5.41) is 18.7. The summed E-state index contributed by atoms with van der Waals surface area (Å²) in [6.07, 6.45) is 1.94. The lowest BCUT2D eigenvalue weighted by molar-refractivity contribution is -0.123. The molecule has 0 spiro atoms. The number of amides is 2. The van der Waals surface area contributed by atoms with Crippen molar-refractivity contribution >= 4 is 23.2 Å². The summed E-state index contributed by atoms with van der Waals surface area (Å²) in [6.45, 7) is 1.67. The Morgan fingerprint density at radius 2 is 2.24 bits per heavy atom. The van der Waals surface area contributed by atoms with Gasteiger partial charge in [0.15, 0.2) is 0 Å². The zero-order valence-corrected chi connectivity index (χ0v) is 12.2. The van der Waals surface area contributed by atoms with Crippen LogP contribution in [-0.4, -0.2) is 29.5 Å². The highest BCUT2D eigenvalue weighted by atomic mass is 32.1. The van der Waals surface area contributed by atoms with Crippen LogP contribution < -0.4 is 10.6 Å². The second-order valence-corrected chi connectivity index (χ2v) is 5.30. The van der Waals surface area contributed by atoms with Gasteiger partial charge in [-0.15, -0.1) is 0 Å². The van der Waals surface area contributed by atoms with Crippen LogP contribution in [0.4, 0.5) is 0 Å². The average Bonchev–Trinajstić information content (AvgIpc) is 3.15. The quantitative estimate of drug-likeness (QED) is 0.750. The Labute approximate surface area is 125 Å². The van der Waals surface area contributed by atoms with Crippen molar-refractivity contribution in [3.05, 3.63) is 46.5 Å². The largest absolute Gasteiger partial charge is 0.472 e. The Hall–Kier alpha value is -2.12. The summed E-state index contributed by atoms with van der Waals surface area (Å²) < 4.78 is 4.80. The molecule has 2 rings (SSSR count). The highest BCUT2D eigenvalue weighted by Gasteiger charge is 2.18. The Kier molecular flexibility index (Phi) is 5.13. The first-order chi connectivity index (χ1) is 10.1. The zero-order chi connectivity index (χ0) is 15.2. The van der Waals surface area contributed by atoms with E-state index in [9.17, 15) is 14.7 Å². The zero-order valence-electron chi connectivity index (χ0n) is 11.4. The molecule has 0 aliphatic rings. The number of rotatable bonds is 6. The van der Waals surface area contributed by atoms with Gasteiger partial charge in [-0.1, -0.05) is 0 Å². The van der Waals surface area contributed by atoms with E-state index in [1.54, 1.807) is 13.0 Å². The maximum absolute atomic E-state index is 11.9. The molecule has 2 unspecified atom stereocenters. The van der Waals surface area contributed by atoms with E-state index in [0.29, 0.717) is 5.56 Å². The van der Waals surface area contributed by atoms with Gasteiger partial charge in [0, 0.05) is 6.54 Å². The van der Waals surface area contributed by atoms with Crippen LogP contribution in [0.25, 0.3) is 0 Å². The lowest BCUT2D eigenvalue weighted by Gasteiger charge is -2.15. The van der Waals surface area contributed by atoms with Crippen LogP contribution in [0.5, 0.6) is 0 Å². The van der Waals surface area contributed by atoms with Crippen LogP contribution in [0.15, 0.2) is 39.8 Å². The van der Waals surface area contributed by atoms with Gasteiger partial charge in [0.2, 0.25) is 5.91 Å². The fourth-order valence-electron chi connectivity index (χ4n) is 1.67. The standard InChI is InChI=1S/C14H16N2O4S/c1-9(16-14(19)10-2-4-20-7-10)13(18)15-6-12(17)11-3-5-21-8-11/h2-5,7-9,12,17H,6H2,1H3,(H,15,18)(H,16,19). The lowest BCUT2D eigenvalue weighted by atomic mass is 10.2. The molecule has 0 saturated heterocycles. The monoisotopic (exact) mass is 308 g/mol. The number of hydrogen-bond acceptors (Lipinski definition) is 5. The smallest absolute Gasteiger partial charge is 0.255 e. The van der Waals surface area contributed by atoms with Crippen molar-refractivity contribution in [2.45, 2.75) is 19.1 Å². The fraction of sp³-hybridized carbons (Fsp3) is 0.286. The minimum atomic E-state index is -0.753. The van der Waals surface area contributed by atoms with Gasteiger partial charge < -0.3 is 20.2 Å². The van der Waals surface area contributed by atoms with Crippen molar-refractivity contribution in [2.75, 3.05) is 6.54 Å². The molecule has 21 heavy (non-hydrogen) atoms. The maximum Gasteiger partial charge on any atom is 0.255 e. The lowest BCUT2D eigenvalue weighted by Crippen LogP contribution is -2.45. The molecule has 112 valence electrons. The minimum absolute atomic E-state index is 0.0987. The fourth-order valence-corrected chi connectivity index (χ4v) is 2.38. The Morgan fingerprint density at radius 1 is 1.43 bits per heavy atom. The molecular formula is C14H16N2O4S. The number of nitrogens with one attached hydrogen (secondary N) is 2. The normalized spacial score (nSPS) is 13.4. The summed E-state index contributed by atoms with van der Waals surface area (Å²) >= 11 is 1.48. The summed E-state index contributed by atoms with van der Waals surface area (Å²) in [6, 6.07) is 2.60. The van der Waals surface area contributed by atoms with E-state index >= 15 is 0 Å². The van der Waals surface area contributed by atoms with Gasteiger partial charge in [-0.3, -0.25) is 9.59 Å². The Balaban J connectivity index is 1.79. The highest BCUT2D eigenvalue weighted by Crippen LogP contribution is 2.15. The van der Waals surface area contributed by atoms with Crippen molar-refractivity contribution in [1.29, 1.82) is 0 Å². The summed E-state index contributed by atoms with van der Waals surface area (Å²) in [4.78, 5) is 23.6. The van der Waals surface area contributed by atoms with E-state index < -0.39 is 12.1 Å². The van der Waals surface area contributed by atoms with Gasteiger partial charge in [0.05, 0.1) is 17.9 Å². The molecule has 2 amide bonds. The van der Waals surface area contributed by atoms with Crippen LogP contribution in [0.1, 0.15) is 28.9 Å². The molecule has 3 N–H and O–H groups in total. The maximum atomic E-state index is 11.9. The molecule has 0 aliphatic carbocycles. The van der Waals surface area contributed by atoms with Gasteiger partial charge in [0.1, 0.15) is 12.3 Å². The van der Waals surface area contributed by atoms with Crippen LogP contribution in [-0.2, 0) is 4.79 Å². The van der Waals surface area contributed by atoms with E-state index in [1.165, 1.54) is 29.9 Å². The predicted molar refractivity (Wildman–Crippen MR) is 77.9 cm³/mol. The number of thiophene rings is 1. The number of carbonyl (C=O) groups excluding carboxylic acids is 2. The molecule has 6 nitrogen and oxygen atoms in total. The SMILES string of the molecule is CC(NC(=O)c1ccoc1)C(=O)NCC(O)c1ccsc1. The second kappa shape index (κ2) is 7.05. The Morgan fingerprint density at radius 3 is 2.86 bits per heavy atom. The molecule has 0 aliphatic heterocycles. The van der Waals surface area contributed by atoms with Gasteiger partial charge in [0.25, 0.3) is 5.91 Å². The molecular weight excluding hydrogens is 292 g/mol. The van der Waals surface area contributed by atoms with Crippen LogP contribution >= 0.6 is 11.3 Å². The van der Waals surface area contributed by atoms with E-state index in [0.717, 1.165) is 5.56 Å². The molecule has 0 fully saturated rings. The molecule has 0 saturated carbocycles. The average molecular weight is 308 g/mol. The third-order valence-electron chi connectivity index (χ3n) is 2.92. The van der Waals surface area contributed by atoms with Crippen molar-refractivity contribution in [2.24, 2.45) is 0 Å². The first-order valence-electron chi connectivity index (χ1n) is 6.39. The molecule has 0 radical (unpaired) electrons. The van der Waals surface area contributed by atoms with Crippen LogP contribution in [0.2, 0.25) is 0 Å². The van der Waals surface area contributed by atoms with Crippen molar-refractivity contribution in [3.63, 3.8) is 0 Å². The van der Waals surface area contributed by atoms with E-state index in [2.05, 4.69) is 10.6 Å². The van der Waals surface area contributed by atoms with Gasteiger partial charge in [-0.2, -0.15) is 11.3 Å². The van der Waals surface area contributed by atoms with Crippen molar-refractivity contribution in [1.82, 2.24) is 10.6 Å². The topological polar surface area (TPSA) is 91.6 Å². The van der Waals surface area contributed by atoms with Crippen molar-refractivity contribution in [3.8, 4) is 0 Å². The molecule has 2 atom stereocenters. The van der Waals surface area contributed by atoms with E-state index in [1.807, 2.05) is 10.8 Å². The summed E-state index contributed by atoms with van der Waals surface area (Å²) in [5.41, 5.74) is 1.11. The number of hydrogen-bond donors (Lipinski definition) is 3. The number of aliphatic hydroxyl groups is 1. The van der Waals surface area contributed by atoms with Crippen LogP contribution in [0.3, 0.4) is 0 Å². The first kappa shape index (κ1) is 15.3. The number of aliphatic hydroxyl groups excluding tert-OH is 1. The minimum Gasteiger partial charge on any atom is -0.472 e. The molecule has 2 heterocycles. The third-order valence-corrected chi connectivity index (χ3v) is 3.62. The van der Waals surface area contributed by atoms with Crippen LogP contribution in [0, 0.1) is 0 Å². The molecule has 2 aromatic rings. The van der Waals surface area contributed by atoms with E-state index in [4.69, 9.17) is 4.42 Å². The summed E-state index contributed by atoms with van der Waals surface area (Å²) in [7, 11) is 0. The van der Waals surface area contributed by atoms with Gasteiger partial charge >= 0.3 is 0 Å². The Bertz CT molecular complexity index is 580. The predicted octanol–water partition coefficient (Wildman–Crippen LogP) is 1.31.